The fourth-order valence-electron chi connectivity index (χ4n) is 3.07. The van der Waals surface area contributed by atoms with Crippen LogP contribution < -0.4 is 16.0 Å². The van der Waals surface area contributed by atoms with E-state index < -0.39 is 5.82 Å². The highest BCUT2D eigenvalue weighted by Crippen LogP contribution is 2.28. The fraction of sp³-hybridized carbons (Fsp3) is 0.0417. The Morgan fingerprint density at radius 2 is 1.78 bits per heavy atom. The number of halogens is 2. The van der Waals surface area contributed by atoms with Gasteiger partial charge < -0.3 is 16.0 Å². The van der Waals surface area contributed by atoms with Crippen LogP contribution in [0.1, 0.15) is 6.92 Å². The summed E-state index contributed by atoms with van der Waals surface area (Å²) in [5.74, 6) is -0.0699. The molecule has 0 fully saturated rings. The highest BCUT2D eigenvalue weighted by Gasteiger charge is 2.10. The average Bonchev–Trinajstić information content (AvgIpc) is 2.78. The first-order chi connectivity index (χ1) is 15.5. The molecule has 0 aliphatic heterocycles. The minimum Gasteiger partial charge on any atom is -0.339 e. The van der Waals surface area contributed by atoms with E-state index in [2.05, 4.69) is 41.8 Å². The van der Waals surface area contributed by atoms with Crippen molar-refractivity contribution in [3.63, 3.8) is 0 Å². The molecule has 0 saturated heterocycles. The Bertz CT molecular complexity index is 1330. The largest absolute Gasteiger partial charge is 0.339 e. The van der Waals surface area contributed by atoms with Crippen LogP contribution in [0.15, 0.2) is 83.5 Å². The molecule has 8 heteroatoms. The van der Waals surface area contributed by atoms with Gasteiger partial charge in [0.15, 0.2) is 0 Å². The Kier molecular flexibility index (Phi) is 6.42. The van der Waals surface area contributed by atoms with Gasteiger partial charge in [0, 0.05) is 17.6 Å². The Morgan fingerprint density at radius 1 is 1.00 bits per heavy atom. The summed E-state index contributed by atoms with van der Waals surface area (Å²) in [6.45, 7) is 1.74. The lowest BCUT2D eigenvalue weighted by Gasteiger charge is -2.12. The zero-order valence-electron chi connectivity index (χ0n) is 17.1. The zero-order valence-corrected chi connectivity index (χ0v) is 18.7. The number of nitrogens with zero attached hydrogens (tertiary/aromatic N) is 2. The molecule has 6 nitrogen and oxygen atoms in total. The van der Waals surface area contributed by atoms with E-state index in [1.54, 1.807) is 19.2 Å². The molecule has 0 aliphatic rings. The van der Waals surface area contributed by atoms with Crippen LogP contribution >= 0.6 is 15.9 Å². The first-order valence-corrected chi connectivity index (χ1v) is 10.6. The fourth-order valence-corrected chi connectivity index (χ4v) is 3.36. The molecule has 4 rings (SSSR count). The van der Waals surface area contributed by atoms with Gasteiger partial charge in [-0.1, -0.05) is 36.4 Å². The summed E-state index contributed by atoms with van der Waals surface area (Å²) in [6, 6.07) is 18.3. The molecule has 0 bridgehead atoms. The minimum absolute atomic E-state index is 0.141. The first-order valence-electron chi connectivity index (χ1n) is 9.80. The molecule has 3 N–H and O–H groups in total. The second-order valence-corrected chi connectivity index (χ2v) is 7.74. The number of allylic oxidation sites excluding steroid dienone is 1. The molecule has 0 aliphatic carbocycles. The van der Waals surface area contributed by atoms with Gasteiger partial charge in [-0.05, 0) is 70.0 Å². The van der Waals surface area contributed by atoms with Crippen LogP contribution in [0.4, 0.5) is 33.2 Å². The van der Waals surface area contributed by atoms with Crippen LogP contribution in [0.3, 0.4) is 0 Å². The maximum absolute atomic E-state index is 14.3. The molecule has 3 aromatic carbocycles. The van der Waals surface area contributed by atoms with Gasteiger partial charge in [-0.3, -0.25) is 4.79 Å². The van der Waals surface area contributed by atoms with Crippen molar-refractivity contribution in [2.45, 2.75) is 6.92 Å². The standard InChI is InChI=1S/C24H19BrFN5O/c1-2-5-22(32)28-18-10-11-20(26)21(13-18)30-24-27-14-19(25)23(31-24)29-17-9-8-15-6-3-4-7-16(15)12-17/h2-14H,1H3,(H,28,32)(H2,27,29,30,31)/b5-2+. The highest BCUT2D eigenvalue weighted by atomic mass is 79.9. The second-order valence-electron chi connectivity index (χ2n) is 6.89. The van der Waals surface area contributed by atoms with E-state index in [0.29, 0.717) is 16.0 Å². The van der Waals surface area contributed by atoms with Gasteiger partial charge >= 0.3 is 0 Å². The first kappa shape index (κ1) is 21.5. The predicted molar refractivity (Wildman–Crippen MR) is 130 cm³/mol. The lowest BCUT2D eigenvalue weighted by atomic mass is 10.1. The number of fused-ring (bicyclic) bond motifs is 1. The molecule has 1 amide bonds. The van der Waals surface area contributed by atoms with Crippen LogP contribution in [0.25, 0.3) is 10.8 Å². The van der Waals surface area contributed by atoms with Crippen LogP contribution in [0, 0.1) is 5.82 Å². The average molecular weight is 492 g/mol. The third-order valence-corrected chi connectivity index (χ3v) is 5.14. The van der Waals surface area contributed by atoms with E-state index in [9.17, 15) is 9.18 Å². The molecule has 1 heterocycles. The minimum atomic E-state index is -0.496. The van der Waals surface area contributed by atoms with Crippen molar-refractivity contribution in [3.8, 4) is 0 Å². The smallest absolute Gasteiger partial charge is 0.248 e. The van der Waals surface area contributed by atoms with Gasteiger partial charge in [-0.15, -0.1) is 0 Å². The van der Waals surface area contributed by atoms with Crippen molar-refractivity contribution >= 4 is 61.4 Å². The van der Waals surface area contributed by atoms with Crippen LogP contribution in [-0.4, -0.2) is 15.9 Å². The van der Waals surface area contributed by atoms with Gasteiger partial charge in [0.1, 0.15) is 11.6 Å². The van der Waals surface area contributed by atoms with E-state index >= 15 is 0 Å². The molecule has 1 aromatic heterocycles. The molecule has 0 saturated carbocycles. The number of anilines is 5. The molecule has 4 aromatic rings. The Labute approximate surface area is 192 Å². The van der Waals surface area contributed by atoms with E-state index in [0.717, 1.165) is 16.5 Å². The molecular formula is C24H19BrFN5O. The van der Waals surface area contributed by atoms with Crippen LogP contribution in [-0.2, 0) is 4.79 Å². The summed E-state index contributed by atoms with van der Waals surface area (Å²) < 4.78 is 15.0. The number of benzene rings is 3. The summed E-state index contributed by atoms with van der Waals surface area (Å²) in [6.07, 6.45) is 4.59. The zero-order chi connectivity index (χ0) is 22.5. The van der Waals surface area contributed by atoms with Crippen molar-refractivity contribution in [2.75, 3.05) is 16.0 Å². The number of nitrogens with one attached hydrogen (secondary N) is 3. The van der Waals surface area contributed by atoms with Crippen LogP contribution in [0.5, 0.6) is 0 Å². The van der Waals surface area contributed by atoms with E-state index in [1.807, 2.05) is 42.5 Å². The summed E-state index contributed by atoms with van der Waals surface area (Å²) in [5, 5.41) is 11.0. The Morgan fingerprint density at radius 3 is 2.59 bits per heavy atom. The third kappa shape index (κ3) is 5.09. The summed E-state index contributed by atoms with van der Waals surface area (Å²) in [7, 11) is 0. The molecule has 0 atom stereocenters. The van der Waals surface area contributed by atoms with Crippen molar-refractivity contribution in [1.82, 2.24) is 9.97 Å². The Hall–Kier alpha value is -3.78. The van der Waals surface area contributed by atoms with E-state index in [-0.39, 0.29) is 17.5 Å². The number of carbonyl (C=O) groups is 1. The topological polar surface area (TPSA) is 78.9 Å². The summed E-state index contributed by atoms with van der Waals surface area (Å²) in [5.41, 5.74) is 1.44. The quantitative estimate of drug-likeness (QED) is 0.267. The van der Waals surface area contributed by atoms with E-state index in [4.69, 9.17) is 0 Å². The highest BCUT2D eigenvalue weighted by molar-refractivity contribution is 9.10. The molecule has 32 heavy (non-hydrogen) atoms. The number of amides is 1. The lowest BCUT2D eigenvalue weighted by molar-refractivity contribution is -0.111. The molecular weight excluding hydrogens is 473 g/mol. The van der Waals surface area contributed by atoms with Gasteiger partial charge in [-0.25, -0.2) is 9.37 Å². The second kappa shape index (κ2) is 9.57. The molecule has 0 radical (unpaired) electrons. The Balaban J connectivity index is 1.56. The number of rotatable bonds is 6. The van der Waals surface area contributed by atoms with Gasteiger partial charge in [0.05, 0.1) is 10.2 Å². The van der Waals surface area contributed by atoms with Gasteiger partial charge in [0.2, 0.25) is 11.9 Å². The maximum atomic E-state index is 14.3. The molecule has 0 spiro atoms. The third-order valence-electron chi connectivity index (χ3n) is 4.55. The lowest BCUT2D eigenvalue weighted by Crippen LogP contribution is -2.08. The van der Waals surface area contributed by atoms with Crippen molar-refractivity contribution < 1.29 is 9.18 Å². The number of aromatic nitrogens is 2. The monoisotopic (exact) mass is 491 g/mol. The SMILES string of the molecule is C/C=C/C(=O)Nc1ccc(F)c(Nc2ncc(Br)c(Nc3ccc4ccccc4c3)n2)c1. The maximum Gasteiger partial charge on any atom is 0.248 e. The number of carbonyl (C=O) groups excluding carboxylic acids is 1. The number of hydrogen-bond acceptors (Lipinski definition) is 5. The molecule has 160 valence electrons. The van der Waals surface area contributed by atoms with Crippen molar-refractivity contribution in [2.24, 2.45) is 0 Å². The summed E-state index contributed by atoms with van der Waals surface area (Å²) >= 11 is 3.45. The predicted octanol–water partition coefficient (Wildman–Crippen LogP) is 6.53. The summed E-state index contributed by atoms with van der Waals surface area (Å²) in [4.78, 5) is 20.4. The van der Waals surface area contributed by atoms with Gasteiger partial charge in [0.25, 0.3) is 0 Å². The van der Waals surface area contributed by atoms with Crippen molar-refractivity contribution in [3.05, 3.63) is 89.3 Å². The van der Waals surface area contributed by atoms with E-state index in [1.165, 1.54) is 24.3 Å². The normalized spacial score (nSPS) is 11.0. The van der Waals surface area contributed by atoms with Crippen molar-refractivity contribution in [1.29, 1.82) is 0 Å². The molecule has 0 unspecified atom stereocenters. The number of hydrogen-bond donors (Lipinski definition) is 3. The van der Waals surface area contributed by atoms with Gasteiger partial charge in [-0.2, -0.15) is 4.98 Å². The van der Waals surface area contributed by atoms with Crippen LogP contribution in [0.2, 0.25) is 0 Å².